The minimum absolute atomic E-state index is 0.143. The van der Waals surface area contributed by atoms with E-state index in [1.807, 2.05) is 44.2 Å². The van der Waals surface area contributed by atoms with Crippen LogP contribution in [0.5, 0.6) is 5.88 Å². The Kier molecular flexibility index (Phi) is 4.79. The molecule has 0 atom stereocenters. The van der Waals surface area contributed by atoms with E-state index in [1.165, 1.54) is 16.0 Å². The van der Waals surface area contributed by atoms with Crippen LogP contribution in [0.2, 0.25) is 0 Å². The summed E-state index contributed by atoms with van der Waals surface area (Å²) in [5.41, 5.74) is 3.31. The van der Waals surface area contributed by atoms with E-state index in [0.717, 1.165) is 11.1 Å². The van der Waals surface area contributed by atoms with Crippen LogP contribution in [0.4, 0.5) is 0 Å². The van der Waals surface area contributed by atoms with E-state index in [1.54, 1.807) is 12.3 Å². The van der Waals surface area contributed by atoms with Gasteiger partial charge in [-0.05, 0) is 31.0 Å². The highest BCUT2D eigenvalue weighted by Crippen LogP contribution is 2.10. The summed E-state index contributed by atoms with van der Waals surface area (Å²) in [7, 11) is 0. The van der Waals surface area contributed by atoms with Crippen molar-refractivity contribution in [1.82, 2.24) is 14.7 Å². The summed E-state index contributed by atoms with van der Waals surface area (Å²) in [6.45, 7) is 4.10. The van der Waals surface area contributed by atoms with Gasteiger partial charge in [-0.15, -0.1) is 0 Å². The zero-order valence-electron chi connectivity index (χ0n) is 14.2. The number of amides is 1. The minimum atomic E-state index is -0.271. The van der Waals surface area contributed by atoms with Crippen LogP contribution in [0.1, 0.15) is 16.7 Å². The summed E-state index contributed by atoms with van der Waals surface area (Å²) in [5, 5.41) is 2.78. The van der Waals surface area contributed by atoms with Gasteiger partial charge in [-0.25, -0.2) is 0 Å². The standard InChI is InChI=1S/C19H19N3O3/c1-13-5-7-15(8-6-13)11-20-16(23)12-25-17-10-18(24)22-9-3-4-14(2)19(22)21-17/h3-10H,11-12H2,1-2H3,(H,20,23). The Labute approximate surface area is 145 Å². The Bertz CT molecular complexity index is 962. The number of nitrogens with one attached hydrogen (secondary N) is 1. The topological polar surface area (TPSA) is 72.7 Å². The molecule has 0 radical (unpaired) electrons. The zero-order chi connectivity index (χ0) is 17.8. The normalized spacial score (nSPS) is 10.6. The summed E-state index contributed by atoms with van der Waals surface area (Å²) in [5.74, 6) is -0.128. The van der Waals surface area contributed by atoms with Crippen molar-refractivity contribution in [2.75, 3.05) is 6.61 Å². The van der Waals surface area contributed by atoms with E-state index in [4.69, 9.17) is 4.74 Å². The predicted octanol–water partition coefficient (Wildman–Crippen LogP) is 2.01. The molecule has 1 N–H and O–H groups in total. The average molecular weight is 337 g/mol. The third kappa shape index (κ3) is 4.03. The number of carbonyl (C=O) groups is 1. The summed E-state index contributed by atoms with van der Waals surface area (Å²) >= 11 is 0. The van der Waals surface area contributed by atoms with Gasteiger partial charge in [-0.2, -0.15) is 4.98 Å². The molecular weight excluding hydrogens is 318 g/mol. The van der Waals surface area contributed by atoms with Crippen molar-refractivity contribution in [3.05, 3.63) is 75.7 Å². The number of hydrogen-bond acceptors (Lipinski definition) is 4. The number of rotatable bonds is 5. The van der Waals surface area contributed by atoms with E-state index in [9.17, 15) is 9.59 Å². The van der Waals surface area contributed by atoms with Crippen LogP contribution >= 0.6 is 0 Å². The van der Waals surface area contributed by atoms with Crippen LogP contribution in [0.25, 0.3) is 5.65 Å². The molecule has 6 heteroatoms. The summed E-state index contributed by atoms with van der Waals surface area (Å²) in [6, 6.07) is 12.8. The van der Waals surface area contributed by atoms with Crippen LogP contribution < -0.4 is 15.6 Å². The predicted molar refractivity (Wildman–Crippen MR) is 94.7 cm³/mol. The van der Waals surface area contributed by atoms with Crippen LogP contribution in [-0.4, -0.2) is 21.9 Å². The van der Waals surface area contributed by atoms with Gasteiger partial charge in [0.15, 0.2) is 6.61 Å². The lowest BCUT2D eigenvalue weighted by molar-refractivity contribution is -0.123. The van der Waals surface area contributed by atoms with Crippen molar-refractivity contribution in [3.8, 4) is 5.88 Å². The molecule has 0 aliphatic carbocycles. The van der Waals surface area contributed by atoms with Crippen molar-refractivity contribution < 1.29 is 9.53 Å². The Balaban J connectivity index is 1.62. The summed E-state index contributed by atoms with van der Waals surface area (Å²) < 4.78 is 6.83. The van der Waals surface area contributed by atoms with Crippen LogP contribution in [0.3, 0.4) is 0 Å². The summed E-state index contributed by atoms with van der Waals surface area (Å²) in [4.78, 5) is 28.3. The monoisotopic (exact) mass is 337 g/mol. The van der Waals surface area contributed by atoms with Gasteiger partial charge >= 0.3 is 0 Å². The molecule has 0 saturated heterocycles. The van der Waals surface area contributed by atoms with Gasteiger partial charge in [0.25, 0.3) is 11.5 Å². The van der Waals surface area contributed by atoms with Gasteiger partial charge in [0.05, 0.1) is 6.07 Å². The minimum Gasteiger partial charge on any atom is -0.467 e. The maximum atomic E-state index is 12.1. The van der Waals surface area contributed by atoms with Gasteiger partial charge in [-0.1, -0.05) is 35.9 Å². The first kappa shape index (κ1) is 16.7. The molecule has 2 aromatic heterocycles. The molecule has 0 aliphatic heterocycles. The molecule has 25 heavy (non-hydrogen) atoms. The van der Waals surface area contributed by atoms with Crippen LogP contribution in [-0.2, 0) is 11.3 Å². The van der Waals surface area contributed by atoms with Gasteiger partial charge in [0.1, 0.15) is 5.65 Å². The summed E-state index contributed by atoms with van der Waals surface area (Å²) in [6.07, 6.45) is 1.65. The number of benzene rings is 1. The van der Waals surface area contributed by atoms with Crippen molar-refractivity contribution in [3.63, 3.8) is 0 Å². The molecule has 0 fully saturated rings. The number of carbonyl (C=O) groups excluding carboxylic acids is 1. The molecule has 0 spiro atoms. The maximum absolute atomic E-state index is 12.1. The first-order valence-corrected chi connectivity index (χ1v) is 7.97. The Morgan fingerprint density at radius 1 is 1.20 bits per heavy atom. The van der Waals surface area contributed by atoms with Gasteiger partial charge < -0.3 is 10.1 Å². The van der Waals surface area contributed by atoms with E-state index in [2.05, 4.69) is 10.3 Å². The Hall–Kier alpha value is -3.15. The highest BCUT2D eigenvalue weighted by molar-refractivity contribution is 5.77. The molecule has 3 aromatic rings. The lowest BCUT2D eigenvalue weighted by Crippen LogP contribution is -2.29. The molecule has 2 heterocycles. The van der Waals surface area contributed by atoms with E-state index in [-0.39, 0.29) is 24.0 Å². The third-order valence-electron chi connectivity index (χ3n) is 3.82. The van der Waals surface area contributed by atoms with Crippen molar-refractivity contribution in [1.29, 1.82) is 0 Å². The molecule has 6 nitrogen and oxygen atoms in total. The number of pyridine rings is 1. The van der Waals surface area contributed by atoms with Crippen LogP contribution in [0, 0.1) is 13.8 Å². The lowest BCUT2D eigenvalue weighted by Gasteiger charge is -2.09. The SMILES string of the molecule is Cc1ccc(CNC(=O)COc2cc(=O)n3cccc(C)c3n2)cc1. The molecule has 0 unspecified atom stereocenters. The first-order chi connectivity index (χ1) is 12.0. The van der Waals surface area contributed by atoms with Gasteiger partial charge in [-0.3, -0.25) is 14.0 Å². The fourth-order valence-corrected chi connectivity index (χ4v) is 2.41. The molecule has 0 bridgehead atoms. The highest BCUT2D eigenvalue weighted by Gasteiger charge is 2.08. The average Bonchev–Trinajstić information content (AvgIpc) is 2.60. The molecule has 0 aliphatic rings. The third-order valence-corrected chi connectivity index (χ3v) is 3.82. The quantitative estimate of drug-likeness (QED) is 0.773. The first-order valence-electron chi connectivity index (χ1n) is 7.97. The number of aryl methyl sites for hydroxylation is 2. The molecular formula is C19H19N3O3. The maximum Gasteiger partial charge on any atom is 0.261 e. The van der Waals surface area contributed by atoms with E-state index >= 15 is 0 Å². The fourth-order valence-electron chi connectivity index (χ4n) is 2.41. The van der Waals surface area contributed by atoms with Crippen molar-refractivity contribution in [2.45, 2.75) is 20.4 Å². The van der Waals surface area contributed by atoms with E-state index < -0.39 is 0 Å². The fraction of sp³-hybridized carbons (Fsp3) is 0.211. The molecule has 3 rings (SSSR count). The number of ether oxygens (including phenoxy) is 1. The second-order valence-corrected chi connectivity index (χ2v) is 5.87. The van der Waals surface area contributed by atoms with Crippen LogP contribution in [0.15, 0.2) is 53.5 Å². The smallest absolute Gasteiger partial charge is 0.261 e. The lowest BCUT2D eigenvalue weighted by atomic mass is 10.1. The number of nitrogens with zero attached hydrogens (tertiary/aromatic N) is 2. The van der Waals surface area contributed by atoms with Gasteiger partial charge in [0.2, 0.25) is 5.88 Å². The molecule has 0 saturated carbocycles. The van der Waals surface area contributed by atoms with Crippen molar-refractivity contribution in [2.24, 2.45) is 0 Å². The second-order valence-electron chi connectivity index (χ2n) is 5.87. The second kappa shape index (κ2) is 7.17. The number of hydrogen-bond donors (Lipinski definition) is 1. The zero-order valence-corrected chi connectivity index (χ0v) is 14.2. The molecule has 128 valence electrons. The number of aromatic nitrogens is 2. The number of fused-ring (bicyclic) bond motifs is 1. The van der Waals surface area contributed by atoms with E-state index in [0.29, 0.717) is 12.2 Å². The molecule has 1 aromatic carbocycles. The Morgan fingerprint density at radius 2 is 1.96 bits per heavy atom. The Morgan fingerprint density at radius 3 is 2.72 bits per heavy atom. The largest absolute Gasteiger partial charge is 0.467 e. The van der Waals surface area contributed by atoms with Crippen molar-refractivity contribution >= 4 is 11.6 Å². The highest BCUT2D eigenvalue weighted by atomic mass is 16.5. The molecule has 1 amide bonds. The van der Waals surface area contributed by atoms with Gasteiger partial charge in [0, 0.05) is 12.7 Å².